The van der Waals surface area contributed by atoms with Crippen LogP contribution in [0.25, 0.3) is 17.0 Å². The molecule has 1 N–H and O–H groups in total. The minimum Gasteiger partial charge on any atom is -0.466 e. The highest BCUT2D eigenvalue weighted by Crippen LogP contribution is 2.26. The molecule has 0 amide bonds. The molecule has 7 nitrogen and oxygen atoms in total. The lowest BCUT2D eigenvalue weighted by Crippen LogP contribution is -2.01. The van der Waals surface area contributed by atoms with Crippen LogP contribution in [0.15, 0.2) is 24.4 Å². The highest BCUT2D eigenvalue weighted by atomic mass is 16.6. The standard InChI is InChI=1S/C13H13N3O4/c1-2-20-13(17)5-3-4-9-6-11-10(8-14-15-11)12(7-9)16(18)19/h3-4,6-8H,2,5H2,1H3,(H,14,15). The lowest BCUT2D eigenvalue weighted by Gasteiger charge is -1.98. The second-order valence-corrected chi connectivity index (χ2v) is 4.04. The second kappa shape index (κ2) is 5.96. The van der Waals surface area contributed by atoms with Crippen molar-refractivity contribution in [3.05, 3.63) is 40.1 Å². The summed E-state index contributed by atoms with van der Waals surface area (Å²) in [6.07, 6.45) is 4.80. The Morgan fingerprint density at radius 3 is 3.05 bits per heavy atom. The quantitative estimate of drug-likeness (QED) is 0.513. The number of ether oxygens (including phenoxy) is 1. The number of aromatic amines is 1. The molecule has 20 heavy (non-hydrogen) atoms. The smallest absolute Gasteiger partial charge is 0.309 e. The third-order valence-corrected chi connectivity index (χ3v) is 2.66. The predicted octanol–water partition coefficient (Wildman–Crippen LogP) is 2.44. The lowest BCUT2D eigenvalue weighted by atomic mass is 10.1. The van der Waals surface area contributed by atoms with E-state index in [1.165, 1.54) is 12.3 Å². The van der Waals surface area contributed by atoms with E-state index in [0.717, 1.165) is 0 Å². The maximum atomic E-state index is 11.2. The van der Waals surface area contributed by atoms with Crippen molar-refractivity contribution in [3.63, 3.8) is 0 Å². The number of carbonyl (C=O) groups is 1. The Morgan fingerprint density at radius 2 is 2.35 bits per heavy atom. The molecule has 0 aliphatic heterocycles. The highest BCUT2D eigenvalue weighted by molar-refractivity contribution is 5.89. The van der Waals surface area contributed by atoms with Crippen LogP contribution in [0.1, 0.15) is 18.9 Å². The molecule has 0 aliphatic carbocycles. The van der Waals surface area contributed by atoms with Crippen molar-refractivity contribution >= 4 is 28.6 Å². The Hall–Kier alpha value is -2.70. The first-order chi connectivity index (χ1) is 9.61. The molecule has 1 aromatic heterocycles. The molecule has 0 bridgehead atoms. The van der Waals surface area contributed by atoms with E-state index in [1.807, 2.05) is 0 Å². The number of rotatable bonds is 5. The molecule has 0 saturated carbocycles. The normalized spacial score (nSPS) is 11.1. The summed E-state index contributed by atoms with van der Waals surface area (Å²) in [6, 6.07) is 3.18. The van der Waals surface area contributed by atoms with Gasteiger partial charge in [0.2, 0.25) is 0 Å². The maximum absolute atomic E-state index is 11.2. The largest absolute Gasteiger partial charge is 0.466 e. The lowest BCUT2D eigenvalue weighted by molar-refractivity contribution is -0.383. The number of carbonyl (C=O) groups excluding carboxylic acids is 1. The molecular weight excluding hydrogens is 262 g/mol. The van der Waals surface area contributed by atoms with Crippen LogP contribution in [0, 0.1) is 10.1 Å². The van der Waals surface area contributed by atoms with Crippen LogP contribution in [-0.2, 0) is 9.53 Å². The number of aromatic nitrogens is 2. The van der Waals surface area contributed by atoms with Crippen LogP contribution >= 0.6 is 0 Å². The molecule has 0 unspecified atom stereocenters. The molecule has 104 valence electrons. The van der Waals surface area contributed by atoms with Crippen LogP contribution in [0.4, 0.5) is 5.69 Å². The first-order valence-corrected chi connectivity index (χ1v) is 6.05. The van der Waals surface area contributed by atoms with Gasteiger partial charge in [-0.3, -0.25) is 20.0 Å². The summed E-state index contributed by atoms with van der Waals surface area (Å²) in [7, 11) is 0. The zero-order chi connectivity index (χ0) is 14.5. The SMILES string of the molecule is CCOC(=O)CC=Cc1cc([N+](=O)[O-])c2cn[nH]c2c1. The summed E-state index contributed by atoms with van der Waals surface area (Å²) >= 11 is 0. The van der Waals surface area contributed by atoms with Crippen molar-refractivity contribution in [2.75, 3.05) is 6.61 Å². The molecule has 7 heteroatoms. The summed E-state index contributed by atoms with van der Waals surface area (Å²) in [5.41, 5.74) is 1.18. The van der Waals surface area contributed by atoms with Crippen molar-refractivity contribution in [2.45, 2.75) is 13.3 Å². The van der Waals surface area contributed by atoms with E-state index < -0.39 is 4.92 Å². The van der Waals surface area contributed by atoms with Crippen LogP contribution < -0.4 is 0 Å². The van der Waals surface area contributed by atoms with Crippen LogP contribution in [0.5, 0.6) is 0 Å². The molecule has 0 saturated heterocycles. The van der Waals surface area contributed by atoms with Gasteiger partial charge in [0.1, 0.15) is 0 Å². The van der Waals surface area contributed by atoms with Crippen molar-refractivity contribution in [1.82, 2.24) is 10.2 Å². The summed E-state index contributed by atoms with van der Waals surface area (Å²) in [5, 5.41) is 17.9. The molecule has 1 aromatic carbocycles. The monoisotopic (exact) mass is 275 g/mol. The van der Waals surface area contributed by atoms with Gasteiger partial charge in [-0.15, -0.1) is 0 Å². The van der Waals surface area contributed by atoms with E-state index in [9.17, 15) is 14.9 Å². The van der Waals surface area contributed by atoms with Crippen molar-refractivity contribution in [2.24, 2.45) is 0 Å². The molecule has 0 spiro atoms. The maximum Gasteiger partial charge on any atom is 0.309 e. The third kappa shape index (κ3) is 3.00. The molecule has 2 rings (SSSR count). The summed E-state index contributed by atoms with van der Waals surface area (Å²) < 4.78 is 4.79. The highest BCUT2D eigenvalue weighted by Gasteiger charge is 2.14. The number of non-ortho nitro benzene ring substituents is 1. The number of fused-ring (bicyclic) bond motifs is 1. The number of nitrogens with one attached hydrogen (secondary N) is 1. The first-order valence-electron chi connectivity index (χ1n) is 6.05. The number of benzene rings is 1. The average Bonchev–Trinajstić information content (AvgIpc) is 2.86. The van der Waals surface area contributed by atoms with Crippen molar-refractivity contribution < 1.29 is 14.5 Å². The Bertz CT molecular complexity index is 675. The molecule has 2 aromatic rings. The summed E-state index contributed by atoms with van der Waals surface area (Å²) in [6.45, 7) is 2.06. The number of nitrogens with zero attached hydrogens (tertiary/aromatic N) is 2. The summed E-state index contributed by atoms with van der Waals surface area (Å²) in [5.74, 6) is -0.333. The number of hydrogen-bond donors (Lipinski definition) is 1. The molecule has 0 fully saturated rings. The molecule has 1 heterocycles. The van der Waals surface area contributed by atoms with Gasteiger partial charge in [-0.1, -0.05) is 12.2 Å². The molecule has 0 aliphatic rings. The fourth-order valence-electron chi connectivity index (χ4n) is 1.81. The topological polar surface area (TPSA) is 98.1 Å². The van der Waals surface area contributed by atoms with E-state index in [0.29, 0.717) is 23.1 Å². The van der Waals surface area contributed by atoms with E-state index in [2.05, 4.69) is 10.2 Å². The summed E-state index contributed by atoms with van der Waals surface area (Å²) in [4.78, 5) is 21.7. The molecule has 0 atom stereocenters. The van der Waals surface area contributed by atoms with Crippen LogP contribution in [0.3, 0.4) is 0 Å². The van der Waals surface area contributed by atoms with E-state index >= 15 is 0 Å². The zero-order valence-corrected chi connectivity index (χ0v) is 10.8. The second-order valence-electron chi connectivity index (χ2n) is 4.04. The van der Waals surface area contributed by atoms with Gasteiger partial charge in [-0.25, -0.2) is 0 Å². The fourth-order valence-corrected chi connectivity index (χ4v) is 1.81. The van der Waals surface area contributed by atoms with Gasteiger partial charge >= 0.3 is 5.97 Å². The Labute approximate surface area is 114 Å². The zero-order valence-electron chi connectivity index (χ0n) is 10.8. The molecular formula is C13H13N3O4. The number of nitro benzene ring substituents is 1. The van der Waals surface area contributed by atoms with Gasteiger partial charge in [0.05, 0.1) is 35.1 Å². The number of esters is 1. The van der Waals surface area contributed by atoms with Crippen molar-refractivity contribution in [3.8, 4) is 0 Å². The minimum atomic E-state index is -0.458. The van der Waals surface area contributed by atoms with E-state index in [-0.39, 0.29) is 18.1 Å². The van der Waals surface area contributed by atoms with Gasteiger partial charge in [0, 0.05) is 6.07 Å². The third-order valence-electron chi connectivity index (χ3n) is 2.66. The van der Waals surface area contributed by atoms with Gasteiger partial charge in [0.25, 0.3) is 5.69 Å². The fraction of sp³-hybridized carbons (Fsp3) is 0.231. The van der Waals surface area contributed by atoms with Crippen LogP contribution in [-0.4, -0.2) is 27.7 Å². The minimum absolute atomic E-state index is 0.0213. The molecule has 0 radical (unpaired) electrons. The van der Waals surface area contributed by atoms with Gasteiger partial charge in [-0.2, -0.15) is 5.10 Å². The van der Waals surface area contributed by atoms with Crippen molar-refractivity contribution in [1.29, 1.82) is 0 Å². The van der Waals surface area contributed by atoms with E-state index in [4.69, 9.17) is 4.74 Å². The number of H-pyrrole nitrogens is 1. The first kappa shape index (κ1) is 13.7. The van der Waals surface area contributed by atoms with Crippen LogP contribution in [0.2, 0.25) is 0 Å². The van der Waals surface area contributed by atoms with Gasteiger partial charge in [0.15, 0.2) is 0 Å². The van der Waals surface area contributed by atoms with E-state index in [1.54, 1.807) is 25.1 Å². The predicted molar refractivity (Wildman–Crippen MR) is 73.0 cm³/mol. The Kier molecular flexibility index (Phi) is 4.09. The Balaban J connectivity index is 2.24. The number of hydrogen-bond acceptors (Lipinski definition) is 5. The van der Waals surface area contributed by atoms with Gasteiger partial charge in [-0.05, 0) is 18.6 Å². The number of nitro groups is 1. The van der Waals surface area contributed by atoms with Gasteiger partial charge < -0.3 is 4.74 Å². The average molecular weight is 275 g/mol. The Morgan fingerprint density at radius 1 is 1.55 bits per heavy atom.